The number of aldehydes is 2. The Morgan fingerprint density at radius 1 is 0.553 bits per heavy atom. The summed E-state index contributed by atoms with van der Waals surface area (Å²) in [7, 11) is 0. The average molecular weight is 507 g/mol. The zero-order valence-corrected chi connectivity index (χ0v) is 21.9. The number of benzene rings is 4. The van der Waals surface area contributed by atoms with Crippen molar-refractivity contribution in [2.45, 2.75) is 38.9 Å². The molecule has 0 aromatic heterocycles. The Bertz CT molecular complexity index is 1340. The Morgan fingerprint density at radius 3 is 1.26 bits per heavy atom. The predicted molar refractivity (Wildman–Crippen MR) is 148 cm³/mol. The van der Waals surface area contributed by atoms with Crippen molar-refractivity contribution in [3.05, 3.63) is 119 Å². The van der Waals surface area contributed by atoms with Crippen LogP contribution in [0.3, 0.4) is 0 Å². The molecule has 0 saturated heterocycles. The molecule has 0 spiro atoms. The van der Waals surface area contributed by atoms with E-state index in [4.69, 9.17) is 9.47 Å². The van der Waals surface area contributed by atoms with Crippen LogP contribution in [-0.2, 0) is 20.7 Å². The quantitative estimate of drug-likeness (QED) is 0.179. The van der Waals surface area contributed by atoms with Gasteiger partial charge in [0.2, 0.25) is 0 Å². The molecule has 0 atom stereocenters. The fourth-order valence-corrected chi connectivity index (χ4v) is 4.58. The average Bonchev–Trinajstić information content (AvgIpc) is 2.92. The summed E-state index contributed by atoms with van der Waals surface area (Å²) in [6.07, 6.45) is 0.604. The van der Waals surface area contributed by atoms with Gasteiger partial charge in [-0.1, -0.05) is 84.9 Å². The van der Waals surface area contributed by atoms with Crippen molar-refractivity contribution in [1.82, 2.24) is 0 Å². The van der Waals surface area contributed by atoms with Crippen LogP contribution in [0, 0.1) is 0 Å². The summed E-state index contributed by atoms with van der Waals surface area (Å²) in [5.41, 5.74) is 3.38. The van der Waals surface area contributed by atoms with Crippen LogP contribution in [0.25, 0.3) is 22.3 Å². The van der Waals surface area contributed by atoms with Crippen LogP contribution in [0.5, 0.6) is 0 Å². The van der Waals surface area contributed by atoms with Crippen molar-refractivity contribution < 1.29 is 23.9 Å². The fourth-order valence-electron chi connectivity index (χ4n) is 4.58. The minimum Gasteiger partial charge on any atom is -0.423 e. The van der Waals surface area contributed by atoms with E-state index in [0.29, 0.717) is 22.3 Å². The van der Waals surface area contributed by atoms with Crippen LogP contribution in [0.1, 0.15) is 59.5 Å². The first-order chi connectivity index (χ1) is 18.1. The van der Waals surface area contributed by atoms with E-state index in [1.807, 2.05) is 72.8 Å². The second-order valence-electron chi connectivity index (χ2n) is 10.0. The van der Waals surface area contributed by atoms with Crippen molar-refractivity contribution in [3.63, 3.8) is 0 Å². The zero-order chi connectivity index (χ0) is 27.3. The summed E-state index contributed by atoms with van der Waals surface area (Å²) in [6.45, 7) is 6.82. The van der Waals surface area contributed by atoms with Gasteiger partial charge in [0.05, 0.1) is 0 Å². The maximum absolute atomic E-state index is 13.0. The van der Waals surface area contributed by atoms with Gasteiger partial charge in [-0.2, -0.15) is 0 Å². The summed E-state index contributed by atoms with van der Waals surface area (Å²) < 4.78 is 11.5. The summed E-state index contributed by atoms with van der Waals surface area (Å²) in [4.78, 5) is 36.9. The first-order valence-electron chi connectivity index (χ1n) is 12.4. The number of hydrogen-bond acceptors (Lipinski definition) is 5. The van der Waals surface area contributed by atoms with Crippen LogP contribution < -0.4 is 0 Å². The Kier molecular flexibility index (Phi) is 7.58. The molecule has 5 nitrogen and oxygen atoms in total. The van der Waals surface area contributed by atoms with Crippen molar-refractivity contribution in [2.75, 3.05) is 0 Å². The minimum absolute atomic E-state index is 0.420. The largest absolute Gasteiger partial charge is 0.510 e. The van der Waals surface area contributed by atoms with Crippen LogP contribution in [-0.4, -0.2) is 18.7 Å². The highest BCUT2D eigenvalue weighted by Crippen LogP contribution is 2.34. The van der Waals surface area contributed by atoms with Gasteiger partial charge in [-0.3, -0.25) is 9.59 Å². The molecule has 0 unspecified atom stereocenters. The van der Waals surface area contributed by atoms with Gasteiger partial charge >= 0.3 is 6.16 Å². The Hall–Kier alpha value is -4.51. The molecule has 0 aliphatic rings. The standard InChI is InChI=1S/C33H30O5/c1-32(2,29-17-15-25(19-27(29)21-34)23-11-7-5-8-12-23)37-31(36)38-33(3,4)30-18-16-26(20-28(30)22-35)24-13-9-6-10-14-24/h5-22H,1-4H3. The molecule has 0 fully saturated rings. The molecule has 38 heavy (non-hydrogen) atoms. The van der Waals surface area contributed by atoms with E-state index in [1.54, 1.807) is 52.0 Å². The van der Waals surface area contributed by atoms with Gasteiger partial charge in [0, 0.05) is 22.3 Å². The number of carbonyl (C=O) groups excluding carboxylic acids is 3. The van der Waals surface area contributed by atoms with Gasteiger partial charge in [0.25, 0.3) is 0 Å². The van der Waals surface area contributed by atoms with Crippen molar-refractivity contribution >= 4 is 18.7 Å². The third-order valence-electron chi connectivity index (χ3n) is 6.55. The van der Waals surface area contributed by atoms with E-state index in [0.717, 1.165) is 34.8 Å². The Balaban J connectivity index is 1.54. The summed E-state index contributed by atoms with van der Waals surface area (Å²) in [5, 5.41) is 0. The number of rotatable bonds is 8. The van der Waals surface area contributed by atoms with Crippen LogP contribution >= 0.6 is 0 Å². The van der Waals surface area contributed by atoms with E-state index >= 15 is 0 Å². The summed E-state index contributed by atoms with van der Waals surface area (Å²) in [6, 6.07) is 30.4. The summed E-state index contributed by atoms with van der Waals surface area (Å²) >= 11 is 0. The monoisotopic (exact) mass is 506 g/mol. The van der Waals surface area contributed by atoms with Crippen molar-refractivity contribution in [3.8, 4) is 22.3 Å². The fraction of sp³-hybridized carbons (Fsp3) is 0.182. The van der Waals surface area contributed by atoms with Crippen LogP contribution in [0.4, 0.5) is 4.79 Å². The molecule has 5 heteroatoms. The zero-order valence-electron chi connectivity index (χ0n) is 21.9. The van der Waals surface area contributed by atoms with Crippen LogP contribution in [0.15, 0.2) is 97.1 Å². The number of carbonyl (C=O) groups is 3. The molecule has 0 aliphatic carbocycles. The van der Waals surface area contributed by atoms with Crippen LogP contribution in [0.2, 0.25) is 0 Å². The topological polar surface area (TPSA) is 69.7 Å². The molecular formula is C33H30O5. The summed E-state index contributed by atoms with van der Waals surface area (Å²) in [5.74, 6) is 0. The molecule has 0 heterocycles. The van der Waals surface area contributed by atoms with E-state index in [9.17, 15) is 14.4 Å². The molecule has 4 aromatic carbocycles. The van der Waals surface area contributed by atoms with Gasteiger partial charge in [0.15, 0.2) is 12.6 Å². The van der Waals surface area contributed by atoms with Crippen molar-refractivity contribution in [2.24, 2.45) is 0 Å². The highest BCUT2D eigenvalue weighted by molar-refractivity contribution is 5.83. The van der Waals surface area contributed by atoms with E-state index in [1.165, 1.54) is 0 Å². The molecule has 192 valence electrons. The molecule has 0 radical (unpaired) electrons. The van der Waals surface area contributed by atoms with E-state index in [-0.39, 0.29) is 0 Å². The Labute approximate surface area is 223 Å². The van der Waals surface area contributed by atoms with Gasteiger partial charge in [-0.05, 0) is 62.1 Å². The third-order valence-corrected chi connectivity index (χ3v) is 6.55. The molecule has 0 amide bonds. The lowest BCUT2D eigenvalue weighted by atomic mass is 9.90. The van der Waals surface area contributed by atoms with Gasteiger partial charge < -0.3 is 9.47 Å². The smallest absolute Gasteiger partial charge is 0.423 e. The third kappa shape index (κ3) is 5.73. The second-order valence-corrected chi connectivity index (χ2v) is 10.0. The lowest BCUT2D eigenvalue weighted by molar-refractivity contribution is -0.0636. The number of hydrogen-bond donors (Lipinski definition) is 0. The molecule has 0 aliphatic heterocycles. The van der Waals surface area contributed by atoms with E-state index < -0.39 is 17.4 Å². The number of ether oxygens (including phenoxy) is 2. The van der Waals surface area contributed by atoms with Gasteiger partial charge in [-0.25, -0.2) is 4.79 Å². The van der Waals surface area contributed by atoms with E-state index in [2.05, 4.69) is 0 Å². The normalized spacial score (nSPS) is 11.5. The molecule has 4 aromatic rings. The SMILES string of the molecule is CC(C)(OC(=O)OC(C)(C)c1ccc(-c2ccccc2)cc1C=O)c1ccc(-c2ccccc2)cc1C=O. The maximum atomic E-state index is 13.0. The molecule has 0 N–H and O–H groups in total. The minimum atomic E-state index is -1.15. The predicted octanol–water partition coefficient (Wildman–Crippen LogP) is 7.97. The second kappa shape index (κ2) is 10.9. The first kappa shape index (κ1) is 26.6. The first-order valence-corrected chi connectivity index (χ1v) is 12.4. The lowest BCUT2D eigenvalue weighted by Crippen LogP contribution is -2.33. The lowest BCUT2D eigenvalue weighted by Gasteiger charge is -2.31. The highest BCUT2D eigenvalue weighted by atomic mass is 16.7. The molecule has 0 saturated carbocycles. The highest BCUT2D eigenvalue weighted by Gasteiger charge is 2.34. The molecule has 4 rings (SSSR count). The van der Waals surface area contributed by atoms with Gasteiger partial charge in [-0.15, -0.1) is 0 Å². The maximum Gasteiger partial charge on any atom is 0.510 e. The molecule has 0 bridgehead atoms. The Morgan fingerprint density at radius 2 is 0.921 bits per heavy atom. The van der Waals surface area contributed by atoms with Crippen molar-refractivity contribution in [1.29, 1.82) is 0 Å². The van der Waals surface area contributed by atoms with Gasteiger partial charge in [0.1, 0.15) is 11.2 Å². The molecular weight excluding hydrogens is 476 g/mol.